The molecular formula is C21H25N3OS. The Kier molecular flexibility index (Phi) is 6.27. The summed E-state index contributed by atoms with van der Waals surface area (Å²) < 4.78 is 3.45. The average molecular weight is 368 g/mol. The van der Waals surface area contributed by atoms with Crippen molar-refractivity contribution < 1.29 is 5.11 Å². The van der Waals surface area contributed by atoms with Crippen molar-refractivity contribution in [3.05, 3.63) is 72.6 Å². The molecule has 0 bridgehead atoms. The van der Waals surface area contributed by atoms with Crippen molar-refractivity contribution in [3.8, 4) is 0 Å². The average Bonchev–Trinajstić information content (AvgIpc) is 2.67. The zero-order valence-electron chi connectivity index (χ0n) is 15.1. The molecule has 0 aliphatic heterocycles. The maximum atomic E-state index is 10.6. The molecule has 3 N–H and O–H groups in total. The number of hydrogen-bond donors (Lipinski definition) is 3. The van der Waals surface area contributed by atoms with Crippen LogP contribution < -0.4 is 10.0 Å². The van der Waals surface area contributed by atoms with Crippen molar-refractivity contribution in [1.82, 2.24) is 15.0 Å². The minimum absolute atomic E-state index is 0.264. The molecule has 26 heavy (non-hydrogen) atoms. The highest BCUT2D eigenvalue weighted by Gasteiger charge is 2.22. The lowest BCUT2D eigenvalue weighted by Crippen LogP contribution is -2.40. The fourth-order valence-electron chi connectivity index (χ4n) is 2.77. The number of aliphatic hydroxyl groups is 1. The number of fused-ring (bicyclic) bond motifs is 1. The van der Waals surface area contributed by atoms with Gasteiger partial charge in [-0.15, -0.1) is 0 Å². The molecule has 0 spiro atoms. The summed E-state index contributed by atoms with van der Waals surface area (Å²) in [7, 11) is 0. The molecule has 1 heterocycles. The van der Waals surface area contributed by atoms with Crippen molar-refractivity contribution in [3.63, 3.8) is 0 Å². The molecule has 4 nitrogen and oxygen atoms in total. The molecule has 5 heteroatoms. The van der Waals surface area contributed by atoms with Crippen LogP contribution in [-0.2, 0) is 5.60 Å². The van der Waals surface area contributed by atoms with Gasteiger partial charge >= 0.3 is 0 Å². The number of pyridine rings is 1. The van der Waals surface area contributed by atoms with Crippen LogP contribution in [0.15, 0.2) is 71.9 Å². The lowest BCUT2D eigenvalue weighted by atomic mass is 9.96. The number of rotatable bonds is 8. The van der Waals surface area contributed by atoms with E-state index in [0.29, 0.717) is 6.54 Å². The summed E-state index contributed by atoms with van der Waals surface area (Å²) in [6.45, 7) is 5.25. The van der Waals surface area contributed by atoms with E-state index in [9.17, 15) is 5.11 Å². The van der Waals surface area contributed by atoms with Gasteiger partial charge in [0.15, 0.2) is 0 Å². The monoisotopic (exact) mass is 367 g/mol. The predicted molar refractivity (Wildman–Crippen MR) is 109 cm³/mol. The van der Waals surface area contributed by atoms with Gasteiger partial charge in [0, 0.05) is 41.8 Å². The highest BCUT2D eigenvalue weighted by atomic mass is 32.2. The predicted octanol–water partition coefficient (Wildman–Crippen LogP) is 3.72. The van der Waals surface area contributed by atoms with Crippen LogP contribution in [0, 0.1) is 0 Å². The minimum Gasteiger partial charge on any atom is -0.384 e. The van der Waals surface area contributed by atoms with Crippen LogP contribution in [0.2, 0.25) is 0 Å². The summed E-state index contributed by atoms with van der Waals surface area (Å²) >= 11 is 1.62. The third-order valence-electron chi connectivity index (χ3n) is 4.31. The summed E-state index contributed by atoms with van der Waals surface area (Å²) in [5.74, 6) is 0. The highest BCUT2D eigenvalue weighted by Crippen LogP contribution is 2.22. The van der Waals surface area contributed by atoms with Crippen LogP contribution in [0.4, 0.5) is 0 Å². The number of hydrogen-bond acceptors (Lipinski definition) is 5. The van der Waals surface area contributed by atoms with Crippen LogP contribution >= 0.6 is 11.9 Å². The van der Waals surface area contributed by atoms with E-state index in [4.69, 9.17) is 0 Å². The normalized spacial score (nSPS) is 14.9. The Morgan fingerprint density at radius 3 is 2.73 bits per heavy atom. The van der Waals surface area contributed by atoms with Crippen molar-refractivity contribution in [2.24, 2.45) is 0 Å². The van der Waals surface area contributed by atoms with Gasteiger partial charge in [-0.25, -0.2) is 0 Å². The first-order valence-corrected chi connectivity index (χ1v) is 9.61. The molecule has 0 aliphatic carbocycles. The summed E-state index contributed by atoms with van der Waals surface area (Å²) in [5, 5.41) is 16.3. The molecule has 136 valence electrons. The van der Waals surface area contributed by atoms with Gasteiger partial charge in [0.05, 0.1) is 5.60 Å². The quantitative estimate of drug-likeness (QED) is 0.530. The van der Waals surface area contributed by atoms with Crippen LogP contribution in [-0.4, -0.2) is 29.2 Å². The summed E-state index contributed by atoms with van der Waals surface area (Å²) in [6, 6.07) is 18.4. The van der Waals surface area contributed by atoms with E-state index in [1.165, 1.54) is 10.3 Å². The molecule has 3 rings (SSSR count). The Hall–Kier alpha value is -1.92. The van der Waals surface area contributed by atoms with E-state index in [1.54, 1.807) is 11.9 Å². The maximum Gasteiger partial charge on any atom is 0.0992 e. The largest absolute Gasteiger partial charge is 0.384 e. The zero-order valence-corrected chi connectivity index (χ0v) is 16.0. The Labute approximate surface area is 159 Å². The second-order valence-corrected chi connectivity index (χ2v) is 7.69. The van der Waals surface area contributed by atoms with Gasteiger partial charge in [-0.2, -0.15) is 0 Å². The topological polar surface area (TPSA) is 57.2 Å². The molecular weight excluding hydrogens is 342 g/mol. The summed E-state index contributed by atoms with van der Waals surface area (Å²) in [6.07, 6.45) is 3.69. The Morgan fingerprint density at radius 2 is 1.92 bits per heavy atom. The molecule has 0 aliphatic rings. The van der Waals surface area contributed by atoms with Gasteiger partial charge in [-0.3, -0.25) is 9.71 Å². The Balaban J connectivity index is 1.46. The third-order valence-corrected chi connectivity index (χ3v) is 5.32. The van der Waals surface area contributed by atoms with E-state index in [-0.39, 0.29) is 6.04 Å². The molecule has 1 aromatic heterocycles. The van der Waals surface area contributed by atoms with E-state index in [2.05, 4.69) is 40.1 Å². The van der Waals surface area contributed by atoms with Gasteiger partial charge in [-0.05, 0) is 54.9 Å². The minimum atomic E-state index is -0.875. The lowest BCUT2D eigenvalue weighted by molar-refractivity contribution is 0.0568. The molecule has 2 atom stereocenters. The number of nitrogens with zero attached hydrogens (tertiary/aromatic N) is 1. The standard InChI is InChI=1S/C21H25N3OS/c1-16(13-23-15-21(2,25)19-6-4-3-5-7-19)24-26-20-9-8-18-14-22-11-10-17(18)12-20/h3-12,14,16,23-25H,13,15H2,1-2H3. The molecule has 0 fully saturated rings. The molecule has 0 saturated heterocycles. The van der Waals surface area contributed by atoms with Crippen LogP contribution in [0.5, 0.6) is 0 Å². The SMILES string of the molecule is CC(CNCC(C)(O)c1ccccc1)NSc1ccc2cnccc2c1. The van der Waals surface area contributed by atoms with Crippen molar-refractivity contribution in [1.29, 1.82) is 0 Å². The Morgan fingerprint density at radius 1 is 1.12 bits per heavy atom. The number of aromatic nitrogens is 1. The first-order valence-electron chi connectivity index (χ1n) is 8.79. The molecule has 2 aromatic carbocycles. The Bertz CT molecular complexity index is 839. The number of nitrogens with one attached hydrogen (secondary N) is 2. The fourth-order valence-corrected chi connectivity index (χ4v) is 3.51. The van der Waals surface area contributed by atoms with Crippen molar-refractivity contribution >= 4 is 22.7 Å². The van der Waals surface area contributed by atoms with E-state index in [0.717, 1.165) is 17.5 Å². The summed E-state index contributed by atoms with van der Waals surface area (Å²) in [5.41, 5.74) is 0.0497. The van der Waals surface area contributed by atoms with Crippen molar-refractivity contribution in [2.75, 3.05) is 13.1 Å². The molecule has 3 aromatic rings. The highest BCUT2D eigenvalue weighted by molar-refractivity contribution is 7.97. The molecule has 0 saturated carbocycles. The van der Waals surface area contributed by atoms with Crippen LogP contribution in [0.3, 0.4) is 0 Å². The van der Waals surface area contributed by atoms with E-state index < -0.39 is 5.60 Å². The lowest BCUT2D eigenvalue weighted by Gasteiger charge is -2.25. The van der Waals surface area contributed by atoms with Gasteiger partial charge in [0.1, 0.15) is 0 Å². The van der Waals surface area contributed by atoms with Crippen LogP contribution in [0.1, 0.15) is 19.4 Å². The van der Waals surface area contributed by atoms with Gasteiger partial charge in [-0.1, -0.05) is 36.4 Å². The maximum absolute atomic E-state index is 10.6. The number of benzene rings is 2. The second-order valence-electron chi connectivity index (χ2n) is 6.78. The first kappa shape index (κ1) is 18.9. The van der Waals surface area contributed by atoms with Crippen LogP contribution in [0.25, 0.3) is 10.8 Å². The van der Waals surface area contributed by atoms with Gasteiger partial charge in [0.25, 0.3) is 0 Å². The van der Waals surface area contributed by atoms with Gasteiger partial charge < -0.3 is 10.4 Å². The smallest absolute Gasteiger partial charge is 0.0992 e. The molecule has 0 radical (unpaired) electrons. The first-order chi connectivity index (χ1) is 12.5. The molecule has 2 unspecified atom stereocenters. The van der Waals surface area contributed by atoms with E-state index >= 15 is 0 Å². The third kappa shape index (κ3) is 5.05. The fraction of sp³-hybridized carbons (Fsp3) is 0.286. The van der Waals surface area contributed by atoms with Crippen molar-refractivity contribution in [2.45, 2.75) is 30.4 Å². The van der Waals surface area contributed by atoms with Gasteiger partial charge in [0.2, 0.25) is 0 Å². The summed E-state index contributed by atoms with van der Waals surface area (Å²) in [4.78, 5) is 5.31. The second kappa shape index (κ2) is 8.64. The zero-order chi connectivity index (χ0) is 18.4. The molecule has 0 amide bonds. The van der Waals surface area contributed by atoms with E-state index in [1.807, 2.05) is 55.7 Å².